The second-order valence-corrected chi connectivity index (χ2v) is 18.9. The molecule has 4 nitrogen and oxygen atoms in total. The number of aromatic nitrogens is 1. The van der Waals surface area contributed by atoms with Crippen molar-refractivity contribution in [1.29, 1.82) is 0 Å². The van der Waals surface area contributed by atoms with Gasteiger partial charge in [-0.15, -0.1) is 16.1 Å². The number of oxime groups is 1. The number of hydrogen-bond acceptors (Lipinski definition) is 3. The van der Waals surface area contributed by atoms with Crippen molar-refractivity contribution in [3.05, 3.63) is 49.7 Å². The third-order valence-electron chi connectivity index (χ3n) is 2.29. The molecule has 0 amide bonds. The van der Waals surface area contributed by atoms with Crippen LogP contribution in [0.2, 0.25) is 39.3 Å². The first kappa shape index (κ1) is 30.8. The molecule has 0 radical (unpaired) electrons. The summed E-state index contributed by atoms with van der Waals surface area (Å²) in [5.74, 6) is 0. The van der Waals surface area contributed by atoms with Gasteiger partial charge in [0.2, 0.25) is 0 Å². The van der Waals surface area contributed by atoms with Crippen LogP contribution in [0.15, 0.2) is 23.4 Å². The van der Waals surface area contributed by atoms with Crippen LogP contribution in [0, 0.1) is 20.1 Å². The van der Waals surface area contributed by atoms with E-state index in [-0.39, 0.29) is 16.8 Å². The smallest absolute Gasteiger partial charge is 0.399 e. The van der Waals surface area contributed by atoms with Gasteiger partial charge in [-0.3, -0.25) is 4.98 Å². The fourth-order valence-electron chi connectivity index (χ4n) is 1.22. The molecule has 0 aliphatic carbocycles. The van der Waals surface area contributed by atoms with Crippen LogP contribution in [-0.4, -0.2) is 51.3 Å². The minimum atomic E-state index is -0.861. The zero-order chi connectivity index (χ0) is 21.1. The molecule has 0 N–H and O–H groups in total. The van der Waals surface area contributed by atoms with Crippen LogP contribution in [0.25, 0.3) is 0 Å². The first-order valence-corrected chi connectivity index (χ1v) is 16.1. The maximum absolute atomic E-state index is 4.72. The molecule has 1 aromatic heterocycles. The maximum Gasteiger partial charge on any atom is 3.00 e. The second kappa shape index (κ2) is 14.1. The second-order valence-electron chi connectivity index (χ2n) is 8.67. The monoisotopic (exact) mass is 452 g/mol. The Balaban J connectivity index is -0.000000436. The van der Waals surface area contributed by atoms with E-state index in [1.165, 1.54) is 7.11 Å². The summed E-state index contributed by atoms with van der Waals surface area (Å²) in [5.41, 5.74) is 3.46. The van der Waals surface area contributed by atoms with Crippen LogP contribution in [0.5, 0.6) is 0 Å². The van der Waals surface area contributed by atoms with Gasteiger partial charge in [0.25, 0.3) is 0 Å². The first-order valence-electron chi connectivity index (χ1n) is 8.70. The number of hydrogen-bond donors (Lipinski definition) is 0. The SMILES string of the molecule is [CH2-][N+](C)=C(C)c1cccc(C(C)=NOC)n1.[CH2-][Si](C)(C)C.[CH2-][Si](C)(C)C.[Co+3]. The fraction of sp³-hybridized carbons (Fsp3) is 0.500. The molecular weight excluding hydrogens is 413 g/mol. The van der Waals surface area contributed by atoms with Gasteiger partial charge >= 0.3 is 16.8 Å². The Kier molecular flexibility index (Phi) is 16.1. The fourth-order valence-corrected chi connectivity index (χ4v) is 1.22. The number of pyridine rings is 1. The molecule has 0 unspecified atom stereocenters. The third-order valence-corrected chi connectivity index (χ3v) is 2.29. The van der Waals surface area contributed by atoms with Crippen molar-refractivity contribution in [2.24, 2.45) is 5.16 Å². The van der Waals surface area contributed by atoms with Crippen LogP contribution >= 0.6 is 0 Å². The standard InChI is InChI=1S/C12H17N3O.2C4H11Si.Co/c1-9(14-16-5)11-7-6-8-12(13-11)10(2)15(3)4;2*1-5(2,3)4;/h6-8H,3H2,1-2,4-5H3;2*1H2,2-4H3;/q;2*-1;+3. The van der Waals surface area contributed by atoms with Gasteiger partial charge in [-0.05, 0) is 33.0 Å². The van der Waals surface area contributed by atoms with Gasteiger partial charge in [0, 0.05) is 5.69 Å². The minimum Gasteiger partial charge on any atom is -0.399 e. The van der Waals surface area contributed by atoms with Crippen molar-refractivity contribution >= 4 is 27.6 Å². The van der Waals surface area contributed by atoms with E-state index in [0.717, 1.165) is 22.8 Å². The van der Waals surface area contributed by atoms with E-state index in [2.05, 4.69) is 69.6 Å². The van der Waals surface area contributed by atoms with Gasteiger partial charge in [-0.25, -0.2) is 0 Å². The first-order chi connectivity index (χ1) is 11.6. The van der Waals surface area contributed by atoms with E-state index in [4.69, 9.17) is 4.84 Å². The molecule has 0 spiro atoms. The van der Waals surface area contributed by atoms with Gasteiger partial charge < -0.3 is 22.5 Å². The van der Waals surface area contributed by atoms with Crippen LogP contribution < -0.4 is 0 Å². The molecule has 0 atom stereocenters. The molecule has 0 fully saturated rings. The molecule has 1 heterocycles. The quantitative estimate of drug-likeness (QED) is 0.211. The topological polar surface area (TPSA) is 37.5 Å². The van der Waals surface area contributed by atoms with Gasteiger partial charge in [0.15, 0.2) is 0 Å². The molecule has 0 aliphatic heterocycles. The Hall–Kier alpha value is -0.900. The van der Waals surface area contributed by atoms with Gasteiger partial charge in [-0.2, -0.15) is 0 Å². The molecule has 0 saturated carbocycles. The van der Waals surface area contributed by atoms with Crippen molar-refractivity contribution in [3.63, 3.8) is 0 Å². The van der Waals surface area contributed by atoms with Gasteiger partial charge in [-0.1, -0.05) is 50.5 Å². The van der Waals surface area contributed by atoms with Gasteiger partial charge in [0.1, 0.15) is 19.9 Å². The zero-order valence-corrected chi connectivity index (χ0v) is 22.0. The Morgan fingerprint density at radius 3 is 1.70 bits per heavy atom. The molecular formula is C20H39CoN3OSi2+. The van der Waals surface area contributed by atoms with Crippen molar-refractivity contribution in [1.82, 2.24) is 4.98 Å². The van der Waals surface area contributed by atoms with Crippen molar-refractivity contribution in [2.45, 2.75) is 53.1 Å². The Bertz CT molecular complexity index is 576. The summed E-state index contributed by atoms with van der Waals surface area (Å²) >= 11 is 0. The van der Waals surface area contributed by atoms with Crippen LogP contribution in [0.4, 0.5) is 0 Å². The van der Waals surface area contributed by atoms with Gasteiger partial charge in [0.05, 0.1) is 11.4 Å². The summed E-state index contributed by atoms with van der Waals surface area (Å²) in [4.78, 5) is 9.21. The van der Waals surface area contributed by atoms with E-state index < -0.39 is 16.1 Å². The maximum atomic E-state index is 4.72. The molecule has 0 saturated heterocycles. The predicted octanol–water partition coefficient (Wildman–Crippen LogP) is 5.09. The molecule has 0 bridgehead atoms. The molecule has 1 rings (SSSR count). The largest absolute Gasteiger partial charge is 3.00 e. The summed E-state index contributed by atoms with van der Waals surface area (Å²) < 4.78 is 1.79. The Labute approximate surface area is 180 Å². The molecule has 0 aliphatic rings. The zero-order valence-electron chi connectivity index (χ0n) is 18.9. The summed E-state index contributed by atoms with van der Waals surface area (Å²) in [6.07, 6.45) is 0. The van der Waals surface area contributed by atoms with Crippen molar-refractivity contribution in [2.75, 3.05) is 14.2 Å². The molecule has 1 aromatic rings. The molecule has 7 heteroatoms. The van der Waals surface area contributed by atoms with E-state index >= 15 is 0 Å². The summed E-state index contributed by atoms with van der Waals surface area (Å²) in [6.45, 7) is 24.9. The number of nitrogens with zero attached hydrogens (tertiary/aromatic N) is 3. The van der Waals surface area contributed by atoms with E-state index in [1.54, 1.807) is 4.58 Å². The predicted molar refractivity (Wildman–Crippen MR) is 122 cm³/mol. The van der Waals surface area contributed by atoms with Crippen LogP contribution in [0.3, 0.4) is 0 Å². The Morgan fingerprint density at radius 2 is 1.37 bits per heavy atom. The third kappa shape index (κ3) is 23.1. The number of rotatable bonds is 3. The van der Waals surface area contributed by atoms with Crippen LogP contribution in [0.1, 0.15) is 25.2 Å². The van der Waals surface area contributed by atoms with Crippen molar-refractivity contribution < 1.29 is 26.2 Å². The summed E-state index contributed by atoms with van der Waals surface area (Å²) in [6, 6.07) is 5.79. The van der Waals surface area contributed by atoms with E-state index in [0.29, 0.717) is 0 Å². The molecule has 156 valence electrons. The Morgan fingerprint density at radius 1 is 1.00 bits per heavy atom. The van der Waals surface area contributed by atoms with E-state index in [9.17, 15) is 0 Å². The normalized spacial score (nSPS) is 12.4. The average molecular weight is 453 g/mol. The molecule has 0 aromatic carbocycles. The van der Waals surface area contributed by atoms with E-state index in [1.807, 2.05) is 39.1 Å². The van der Waals surface area contributed by atoms with Crippen molar-refractivity contribution in [3.8, 4) is 0 Å². The van der Waals surface area contributed by atoms with Crippen LogP contribution in [-0.2, 0) is 21.6 Å². The summed E-state index contributed by atoms with van der Waals surface area (Å²) in [7, 11) is 5.52. The summed E-state index contributed by atoms with van der Waals surface area (Å²) in [5, 5.41) is 3.86. The minimum absolute atomic E-state index is 0. The molecule has 27 heavy (non-hydrogen) atoms. The average Bonchev–Trinajstić information content (AvgIpc) is 2.43.